The SMILES string of the molecule is Clc1ccc(Nc2ccnc(Nc3ccc4c(c3)OCCO4)n2)cc1. The highest BCUT2D eigenvalue weighted by molar-refractivity contribution is 6.30. The number of fused-ring (bicyclic) bond motifs is 1. The first-order chi connectivity index (χ1) is 12.3. The van der Waals surface area contributed by atoms with E-state index in [1.807, 2.05) is 42.5 Å². The normalized spacial score (nSPS) is 12.5. The van der Waals surface area contributed by atoms with Gasteiger partial charge in [-0.1, -0.05) is 11.6 Å². The van der Waals surface area contributed by atoms with Crippen LogP contribution >= 0.6 is 11.6 Å². The van der Waals surface area contributed by atoms with E-state index in [0.717, 1.165) is 17.1 Å². The van der Waals surface area contributed by atoms with Crippen molar-refractivity contribution in [3.63, 3.8) is 0 Å². The second kappa shape index (κ2) is 6.86. The molecule has 2 N–H and O–H groups in total. The monoisotopic (exact) mass is 354 g/mol. The summed E-state index contributed by atoms with van der Waals surface area (Å²) in [4.78, 5) is 8.71. The van der Waals surface area contributed by atoms with Gasteiger partial charge in [0.2, 0.25) is 5.95 Å². The fourth-order valence-electron chi connectivity index (χ4n) is 2.42. The number of halogens is 1. The molecule has 0 atom stereocenters. The highest BCUT2D eigenvalue weighted by Crippen LogP contribution is 2.33. The fourth-order valence-corrected chi connectivity index (χ4v) is 2.55. The fraction of sp³-hybridized carbons (Fsp3) is 0.111. The number of benzene rings is 2. The smallest absolute Gasteiger partial charge is 0.229 e. The van der Waals surface area contributed by atoms with Crippen molar-refractivity contribution in [1.82, 2.24) is 9.97 Å². The van der Waals surface area contributed by atoms with Crippen molar-refractivity contribution in [2.45, 2.75) is 0 Å². The van der Waals surface area contributed by atoms with Crippen LogP contribution in [0.4, 0.5) is 23.1 Å². The van der Waals surface area contributed by atoms with Crippen molar-refractivity contribution in [2.24, 2.45) is 0 Å². The van der Waals surface area contributed by atoms with E-state index in [1.54, 1.807) is 12.3 Å². The zero-order valence-electron chi connectivity index (χ0n) is 13.2. The minimum absolute atomic E-state index is 0.482. The Bertz CT molecular complexity index is 886. The Morgan fingerprint density at radius 3 is 2.44 bits per heavy atom. The molecule has 1 aromatic heterocycles. The van der Waals surface area contributed by atoms with E-state index in [-0.39, 0.29) is 0 Å². The number of aromatic nitrogens is 2. The summed E-state index contributed by atoms with van der Waals surface area (Å²) < 4.78 is 11.1. The molecule has 0 fully saturated rings. The van der Waals surface area contributed by atoms with E-state index in [1.165, 1.54) is 0 Å². The molecule has 0 amide bonds. The lowest BCUT2D eigenvalue weighted by Crippen LogP contribution is -2.15. The topological polar surface area (TPSA) is 68.3 Å². The summed E-state index contributed by atoms with van der Waals surface area (Å²) in [5, 5.41) is 7.07. The van der Waals surface area contributed by atoms with Gasteiger partial charge in [-0.25, -0.2) is 4.98 Å². The van der Waals surface area contributed by atoms with Crippen LogP contribution in [-0.4, -0.2) is 23.2 Å². The molecule has 0 aliphatic carbocycles. The second-order valence-electron chi connectivity index (χ2n) is 5.38. The van der Waals surface area contributed by atoms with Crippen LogP contribution in [0.15, 0.2) is 54.7 Å². The predicted octanol–water partition coefficient (Wildman–Crippen LogP) is 4.39. The lowest BCUT2D eigenvalue weighted by molar-refractivity contribution is 0.171. The summed E-state index contributed by atoms with van der Waals surface area (Å²) in [6.07, 6.45) is 1.69. The van der Waals surface area contributed by atoms with Gasteiger partial charge in [0, 0.05) is 28.7 Å². The van der Waals surface area contributed by atoms with E-state index in [4.69, 9.17) is 21.1 Å². The molecular weight excluding hydrogens is 340 g/mol. The molecule has 1 aliphatic heterocycles. The highest BCUT2D eigenvalue weighted by Gasteiger charge is 2.12. The summed E-state index contributed by atoms with van der Waals surface area (Å²) in [5.74, 6) is 2.62. The average Bonchev–Trinajstić information content (AvgIpc) is 2.64. The minimum atomic E-state index is 0.482. The maximum Gasteiger partial charge on any atom is 0.229 e. The highest BCUT2D eigenvalue weighted by atomic mass is 35.5. The summed E-state index contributed by atoms with van der Waals surface area (Å²) in [6.45, 7) is 1.12. The summed E-state index contributed by atoms with van der Waals surface area (Å²) >= 11 is 5.90. The average molecular weight is 355 g/mol. The Morgan fingerprint density at radius 1 is 0.840 bits per heavy atom. The van der Waals surface area contributed by atoms with Crippen LogP contribution < -0.4 is 20.1 Å². The molecule has 0 saturated heterocycles. The molecule has 0 spiro atoms. The number of rotatable bonds is 4. The third kappa shape index (κ3) is 3.75. The largest absolute Gasteiger partial charge is 0.486 e. The molecule has 6 nitrogen and oxygen atoms in total. The van der Waals surface area contributed by atoms with Crippen molar-refractivity contribution in [2.75, 3.05) is 23.8 Å². The first kappa shape index (κ1) is 15.5. The predicted molar refractivity (Wildman–Crippen MR) is 97.5 cm³/mol. The zero-order chi connectivity index (χ0) is 17.1. The Hall–Kier alpha value is -2.99. The Labute approximate surface area is 149 Å². The number of hydrogen-bond acceptors (Lipinski definition) is 6. The van der Waals surface area contributed by atoms with Gasteiger partial charge >= 0.3 is 0 Å². The van der Waals surface area contributed by atoms with Crippen molar-refractivity contribution >= 4 is 34.7 Å². The van der Waals surface area contributed by atoms with Gasteiger partial charge in [0.05, 0.1) is 0 Å². The van der Waals surface area contributed by atoms with Gasteiger partial charge in [-0.2, -0.15) is 4.98 Å². The molecule has 0 unspecified atom stereocenters. The van der Waals surface area contributed by atoms with E-state index >= 15 is 0 Å². The molecule has 3 aromatic rings. The third-order valence-corrected chi connectivity index (χ3v) is 3.82. The Morgan fingerprint density at radius 2 is 1.60 bits per heavy atom. The second-order valence-corrected chi connectivity index (χ2v) is 5.82. The van der Waals surface area contributed by atoms with E-state index in [0.29, 0.717) is 35.8 Å². The first-order valence-electron chi connectivity index (χ1n) is 7.79. The molecular formula is C18H15ClN4O2. The molecule has 2 heterocycles. The zero-order valence-corrected chi connectivity index (χ0v) is 14.0. The third-order valence-electron chi connectivity index (χ3n) is 3.57. The van der Waals surface area contributed by atoms with Crippen molar-refractivity contribution in [3.05, 3.63) is 59.8 Å². The summed E-state index contributed by atoms with van der Waals surface area (Å²) in [5.41, 5.74) is 1.72. The van der Waals surface area contributed by atoms with Gasteiger partial charge in [-0.15, -0.1) is 0 Å². The molecule has 126 valence electrons. The number of nitrogens with one attached hydrogen (secondary N) is 2. The van der Waals surface area contributed by atoms with Crippen LogP contribution in [0.25, 0.3) is 0 Å². The van der Waals surface area contributed by atoms with Gasteiger partial charge in [-0.3, -0.25) is 0 Å². The van der Waals surface area contributed by atoms with Crippen LogP contribution in [0.2, 0.25) is 5.02 Å². The van der Waals surface area contributed by atoms with Crippen molar-refractivity contribution in [1.29, 1.82) is 0 Å². The van der Waals surface area contributed by atoms with Gasteiger partial charge in [0.25, 0.3) is 0 Å². The van der Waals surface area contributed by atoms with E-state index in [9.17, 15) is 0 Å². The minimum Gasteiger partial charge on any atom is -0.486 e. The standard InChI is InChI=1S/C18H15ClN4O2/c19-12-1-3-13(4-2-12)21-17-7-8-20-18(23-17)22-14-5-6-15-16(11-14)25-10-9-24-15/h1-8,11H,9-10H2,(H2,20,21,22,23). The molecule has 0 bridgehead atoms. The van der Waals surface area contributed by atoms with Crippen LogP contribution in [0.3, 0.4) is 0 Å². The van der Waals surface area contributed by atoms with Crippen LogP contribution in [0.1, 0.15) is 0 Å². The molecule has 0 radical (unpaired) electrons. The molecule has 2 aromatic carbocycles. The van der Waals surface area contributed by atoms with Gasteiger partial charge in [-0.05, 0) is 42.5 Å². The molecule has 0 saturated carbocycles. The van der Waals surface area contributed by atoms with Gasteiger partial charge in [0.1, 0.15) is 19.0 Å². The molecule has 7 heteroatoms. The molecule has 4 rings (SSSR count). The first-order valence-corrected chi connectivity index (χ1v) is 8.16. The van der Waals surface area contributed by atoms with Gasteiger partial charge in [0.15, 0.2) is 11.5 Å². The number of nitrogens with zero attached hydrogens (tertiary/aromatic N) is 2. The Kier molecular flexibility index (Phi) is 4.26. The Balaban J connectivity index is 1.50. The number of anilines is 4. The lowest BCUT2D eigenvalue weighted by atomic mass is 10.2. The molecule has 1 aliphatic rings. The van der Waals surface area contributed by atoms with Crippen molar-refractivity contribution < 1.29 is 9.47 Å². The maximum atomic E-state index is 5.90. The number of ether oxygens (including phenoxy) is 2. The quantitative estimate of drug-likeness (QED) is 0.724. The van der Waals surface area contributed by atoms with Crippen LogP contribution in [0.5, 0.6) is 11.5 Å². The lowest BCUT2D eigenvalue weighted by Gasteiger charge is -2.19. The summed E-state index contributed by atoms with van der Waals surface area (Å²) in [7, 11) is 0. The van der Waals surface area contributed by atoms with Crippen molar-refractivity contribution in [3.8, 4) is 11.5 Å². The number of hydrogen-bond donors (Lipinski definition) is 2. The van der Waals surface area contributed by atoms with Gasteiger partial charge < -0.3 is 20.1 Å². The van der Waals surface area contributed by atoms with E-state index in [2.05, 4.69) is 20.6 Å². The maximum absolute atomic E-state index is 5.90. The molecule has 25 heavy (non-hydrogen) atoms. The van der Waals surface area contributed by atoms with Crippen LogP contribution in [0, 0.1) is 0 Å². The van der Waals surface area contributed by atoms with E-state index < -0.39 is 0 Å². The van der Waals surface area contributed by atoms with Crippen LogP contribution in [-0.2, 0) is 0 Å². The summed E-state index contributed by atoms with van der Waals surface area (Å²) in [6, 6.07) is 14.8.